The standard InChI is InChI=1S/C18H24N2O3S/c1-19-17-7-14-6-15(8-17)10-18(9-14,12-17)20-24(22,23)16-4-2-13(11-21)3-5-16/h2-5,11,14-15,19-20H,6-10,12H2,1H3/t14-,15+,17+,18-. The Morgan fingerprint density at radius 3 is 2.17 bits per heavy atom. The normalized spacial score (nSPS) is 37.5. The summed E-state index contributed by atoms with van der Waals surface area (Å²) in [6.07, 6.45) is 7.04. The van der Waals surface area contributed by atoms with Gasteiger partial charge in [0.2, 0.25) is 10.0 Å². The van der Waals surface area contributed by atoms with E-state index in [1.807, 2.05) is 7.05 Å². The number of sulfonamides is 1. The molecule has 0 saturated heterocycles. The maximum atomic E-state index is 12.9. The van der Waals surface area contributed by atoms with E-state index >= 15 is 0 Å². The molecule has 4 atom stereocenters. The van der Waals surface area contributed by atoms with Crippen molar-refractivity contribution in [2.75, 3.05) is 7.05 Å². The van der Waals surface area contributed by atoms with Crippen LogP contribution in [0.25, 0.3) is 0 Å². The summed E-state index contributed by atoms with van der Waals surface area (Å²) in [5.41, 5.74) is 0.251. The van der Waals surface area contributed by atoms with Gasteiger partial charge in [0.15, 0.2) is 0 Å². The molecule has 4 fully saturated rings. The minimum Gasteiger partial charge on any atom is -0.314 e. The molecule has 4 bridgehead atoms. The molecule has 0 amide bonds. The molecular weight excluding hydrogens is 324 g/mol. The van der Waals surface area contributed by atoms with Crippen molar-refractivity contribution in [2.45, 2.75) is 54.5 Å². The summed E-state index contributed by atoms with van der Waals surface area (Å²) < 4.78 is 28.8. The third-order valence-corrected chi connectivity index (χ3v) is 7.86. The molecule has 0 heterocycles. The molecule has 1 aromatic rings. The first-order chi connectivity index (χ1) is 11.4. The highest BCUT2D eigenvalue weighted by molar-refractivity contribution is 7.89. The molecule has 0 aromatic heterocycles. The molecule has 0 spiro atoms. The lowest BCUT2D eigenvalue weighted by Crippen LogP contribution is -2.68. The fraction of sp³-hybridized carbons (Fsp3) is 0.611. The van der Waals surface area contributed by atoms with Crippen LogP contribution in [0.3, 0.4) is 0 Å². The Morgan fingerprint density at radius 1 is 1.04 bits per heavy atom. The molecule has 24 heavy (non-hydrogen) atoms. The van der Waals surface area contributed by atoms with Crippen LogP contribution in [0.5, 0.6) is 0 Å². The van der Waals surface area contributed by atoms with Gasteiger partial charge in [0.25, 0.3) is 0 Å². The van der Waals surface area contributed by atoms with Crippen LogP contribution in [-0.4, -0.2) is 32.8 Å². The minimum absolute atomic E-state index is 0.0912. The predicted octanol–water partition coefficient (Wildman–Crippen LogP) is 2.09. The van der Waals surface area contributed by atoms with E-state index in [1.54, 1.807) is 12.1 Å². The van der Waals surface area contributed by atoms with Gasteiger partial charge in [0, 0.05) is 16.6 Å². The molecular formula is C18H24N2O3S. The summed E-state index contributed by atoms with van der Waals surface area (Å²) in [6.45, 7) is 0. The maximum absolute atomic E-state index is 12.9. The van der Waals surface area contributed by atoms with Crippen LogP contribution in [0.15, 0.2) is 29.2 Å². The Balaban J connectivity index is 1.62. The molecule has 5 rings (SSSR count). The smallest absolute Gasteiger partial charge is 0.241 e. The van der Waals surface area contributed by atoms with E-state index in [0.29, 0.717) is 17.4 Å². The number of nitrogens with one attached hydrogen (secondary N) is 2. The Morgan fingerprint density at radius 2 is 1.62 bits per heavy atom. The lowest BCUT2D eigenvalue weighted by molar-refractivity contribution is -0.0393. The Labute approximate surface area is 143 Å². The van der Waals surface area contributed by atoms with Crippen molar-refractivity contribution in [3.05, 3.63) is 29.8 Å². The summed E-state index contributed by atoms with van der Waals surface area (Å²) in [5, 5.41) is 3.50. The summed E-state index contributed by atoms with van der Waals surface area (Å²) in [7, 11) is -1.57. The second kappa shape index (κ2) is 5.38. The van der Waals surface area contributed by atoms with Crippen molar-refractivity contribution in [2.24, 2.45) is 11.8 Å². The van der Waals surface area contributed by atoms with Crippen molar-refractivity contribution in [3.8, 4) is 0 Å². The van der Waals surface area contributed by atoms with Gasteiger partial charge < -0.3 is 5.32 Å². The summed E-state index contributed by atoms with van der Waals surface area (Å²) in [4.78, 5) is 11.0. The molecule has 0 unspecified atom stereocenters. The van der Waals surface area contributed by atoms with Crippen LogP contribution in [0.1, 0.15) is 48.9 Å². The van der Waals surface area contributed by atoms with Gasteiger partial charge in [-0.1, -0.05) is 12.1 Å². The average Bonchev–Trinajstić information content (AvgIpc) is 2.52. The van der Waals surface area contributed by atoms with Crippen LogP contribution in [0.2, 0.25) is 0 Å². The second-order valence-electron chi connectivity index (χ2n) is 8.06. The van der Waals surface area contributed by atoms with Gasteiger partial charge in [0.1, 0.15) is 6.29 Å². The highest BCUT2D eigenvalue weighted by atomic mass is 32.2. The fourth-order valence-corrected chi connectivity index (χ4v) is 7.17. The predicted molar refractivity (Wildman–Crippen MR) is 91.4 cm³/mol. The number of hydrogen-bond acceptors (Lipinski definition) is 4. The molecule has 5 nitrogen and oxygen atoms in total. The van der Waals surface area contributed by atoms with Crippen molar-refractivity contribution in [1.82, 2.24) is 10.0 Å². The monoisotopic (exact) mass is 348 g/mol. The van der Waals surface area contributed by atoms with Crippen molar-refractivity contribution >= 4 is 16.3 Å². The van der Waals surface area contributed by atoms with Gasteiger partial charge in [-0.15, -0.1) is 0 Å². The van der Waals surface area contributed by atoms with Crippen molar-refractivity contribution < 1.29 is 13.2 Å². The lowest BCUT2D eigenvalue weighted by atomic mass is 9.50. The van der Waals surface area contributed by atoms with Crippen LogP contribution in [0.4, 0.5) is 0 Å². The zero-order valence-corrected chi connectivity index (χ0v) is 14.7. The summed E-state index contributed by atoms with van der Waals surface area (Å²) in [5.74, 6) is 1.22. The SMILES string of the molecule is CN[C@@]12C[C@H]3C[C@@H](C1)C[C@](NS(=O)(=O)c1ccc(C=O)cc1)(C3)C2. The average molecular weight is 348 g/mol. The van der Waals surface area contributed by atoms with E-state index in [0.717, 1.165) is 38.4 Å². The third kappa shape index (κ3) is 2.61. The molecule has 0 aliphatic heterocycles. The summed E-state index contributed by atoms with van der Waals surface area (Å²) >= 11 is 0. The lowest BCUT2D eigenvalue weighted by Gasteiger charge is -2.62. The first-order valence-corrected chi connectivity index (χ1v) is 10.1. The maximum Gasteiger partial charge on any atom is 0.241 e. The van der Waals surface area contributed by atoms with Crippen LogP contribution in [-0.2, 0) is 10.0 Å². The minimum atomic E-state index is -3.58. The van der Waals surface area contributed by atoms with E-state index in [9.17, 15) is 13.2 Å². The molecule has 4 saturated carbocycles. The highest BCUT2D eigenvalue weighted by Gasteiger charge is 2.58. The first-order valence-electron chi connectivity index (χ1n) is 8.66. The molecule has 6 heteroatoms. The topological polar surface area (TPSA) is 75.3 Å². The number of carbonyl (C=O) groups is 1. The number of carbonyl (C=O) groups excluding carboxylic acids is 1. The Hall–Kier alpha value is -1.24. The van der Waals surface area contributed by atoms with Gasteiger partial charge in [0.05, 0.1) is 4.90 Å². The molecule has 4 aliphatic rings. The van der Waals surface area contributed by atoms with Crippen LogP contribution in [0, 0.1) is 11.8 Å². The van der Waals surface area contributed by atoms with Gasteiger partial charge in [-0.05, 0) is 69.5 Å². The fourth-order valence-electron chi connectivity index (χ4n) is 5.74. The van der Waals surface area contributed by atoms with Crippen molar-refractivity contribution in [1.29, 1.82) is 0 Å². The number of hydrogen-bond donors (Lipinski definition) is 2. The second-order valence-corrected chi connectivity index (χ2v) is 9.75. The zero-order valence-electron chi connectivity index (χ0n) is 13.9. The Kier molecular flexibility index (Phi) is 3.64. The quantitative estimate of drug-likeness (QED) is 0.799. The van der Waals surface area contributed by atoms with Gasteiger partial charge >= 0.3 is 0 Å². The van der Waals surface area contributed by atoms with Gasteiger partial charge in [-0.2, -0.15) is 0 Å². The van der Waals surface area contributed by atoms with E-state index in [1.165, 1.54) is 18.6 Å². The van der Waals surface area contributed by atoms with Crippen LogP contribution < -0.4 is 10.0 Å². The third-order valence-electron chi connectivity index (χ3n) is 6.27. The van der Waals surface area contributed by atoms with E-state index in [2.05, 4.69) is 10.0 Å². The first kappa shape index (κ1) is 16.2. The molecule has 2 N–H and O–H groups in total. The van der Waals surface area contributed by atoms with E-state index < -0.39 is 10.0 Å². The van der Waals surface area contributed by atoms with Gasteiger partial charge in [-0.3, -0.25) is 4.79 Å². The van der Waals surface area contributed by atoms with Crippen LogP contribution >= 0.6 is 0 Å². The molecule has 0 radical (unpaired) electrons. The molecule has 1 aromatic carbocycles. The highest BCUT2D eigenvalue weighted by Crippen LogP contribution is 2.57. The zero-order chi connectivity index (χ0) is 17.0. The largest absolute Gasteiger partial charge is 0.314 e. The number of aldehydes is 1. The van der Waals surface area contributed by atoms with Crippen molar-refractivity contribution in [3.63, 3.8) is 0 Å². The Bertz CT molecular complexity index is 743. The van der Waals surface area contributed by atoms with E-state index in [4.69, 9.17) is 0 Å². The summed E-state index contributed by atoms with van der Waals surface area (Å²) in [6, 6.07) is 6.13. The molecule has 130 valence electrons. The number of rotatable bonds is 5. The van der Waals surface area contributed by atoms with Gasteiger partial charge in [-0.25, -0.2) is 13.1 Å². The van der Waals surface area contributed by atoms with E-state index in [-0.39, 0.29) is 16.0 Å². The number of benzene rings is 1. The molecule has 4 aliphatic carbocycles.